The molecule has 1 aromatic carbocycles. The van der Waals surface area contributed by atoms with Crippen molar-refractivity contribution in [3.8, 4) is 17.3 Å². The van der Waals surface area contributed by atoms with Gasteiger partial charge in [0.2, 0.25) is 5.82 Å². The molecule has 0 atom stereocenters. The number of aromatic nitrogens is 5. The van der Waals surface area contributed by atoms with Crippen molar-refractivity contribution in [3.05, 3.63) is 93.9 Å². The van der Waals surface area contributed by atoms with E-state index in [2.05, 4.69) is 25.5 Å². The lowest BCUT2D eigenvalue weighted by molar-refractivity contribution is 0.0946. The molecule has 0 bridgehead atoms. The molecular weight excluding hydrogens is 492 g/mol. The predicted octanol–water partition coefficient (Wildman–Crippen LogP) is 5.25. The van der Waals surface area contributed by atoms with Crippen LogP contribution in [-0.4, -0.2) is 30.6 Å². The van der Waals surface area contributed by atoms with Gasteiger partial charge >= 0.3 is 0 Å². The zero-order valence-electron chi connectivity index (χ0n) is 17.6. The van der Waals surface area contributed by atoms with Crippen LogP contribution >= 0.6 is 34.7 Å². The summed E-state index contributed by atoms with van der Waals surface area (Å²) in [7, 11) is 0. The number of rotatable bonds is 8. The molecule has 34 heavy (non-hydrogen) atoms. The van der Waals surface area contributed by atoms with E-state index >= 15 is 0 Å². The van der Waals surface area contributed by atoms with Crippen molar-refractivity contribution in [2.75, 3.05) is 0 Å². The number of thiazole rings is 1. The molecular formula is C23H17ClN6O2S2. The van der Waals surface area contributed by atoms with Crippen molar-refractivity contribution in [1.29, 1.82) is 0 Å². The van der Waals surface area contributed by atoms with E-state index < -0.39 is 0 Å². The molecule has 5 rings (SSSR count). The Bertz CT molecular complexity index is 1380. The number of carbonyl (C=O) groups excluding carboxylic acids is 1. The molecule has 8 nitrogen and oxygen atoms in total. The number of benzene rings is 1. The maximum Gasteiger partial charge on any atom is 0.271 e. The highest BCUT2D eigenvalue weighted by atomic mass is 35.5. The summed E-state index contributed by atoms with van der Waals surface area (Å²) >= 11 is 8.98. The number of halogens is 1. The van der Waals surface area contributed by atoms with E-state index in [0.29, 0.717) is 39.8 Å². The third-order valence-corrected chi connectivity index (χ3v) is 6.97. The van der Waals surface area contributed by atoms with E-state index in [1.807, 2.05) is 47.0 Å². The summed E-state index contributed by atoms with van der Waals surface area (Å²) in [5, 5.41) is 15.4. The van der Waals surface area contributed by atoms with Gasteiger partial charge in [-0.25, -0.2) is 4.98 Å². The minimum Gasteiger partial charge on any atom is -0.461 e. The Morgan fingerprint density at radius 3 is 2.79 bits per heavy atom. The molecule has 5 aromatic rings. The van der Waals surface area contributed by atoms with Gasteiger partial charge in [-0.05, 0) is 48.0 Å². The number of carbonyl (C=O) groups is 1. The van der Waals surface area contributed by atoms with Crippen LogP contribution in [0.1, 0.15) is 21.1 Å². The van der Waals surface area contributed by atoms with Crippen LogP contribution in [0.4, 0.5) is 0 Å². The molecule has 1 amide bonds. The van der Waals surface area contributed by atoms with Gasteiger partial charge in [-0.1, -0.05) is 29.4 Å². The number of nitrogens with zero attached hydrogens (tertiary/aromatic N) is 5. The summed E-state index contributed by atoms with van der Waals surface area (Å²) in [6.07, 6.45) is 5.01. The van der Waals surface area contributed by atoms with Crippen LogP contribution in [0.3, 0.4) is 0 Å². The van der Waals surface area contributed by atoms with Gasteiger partial charge in [0.05, 0.1) is 12.0 Å². The molecule has 0 aliphatic rings. The topological polar surface area (TPSA) is 98.7 Å². The maximum absolute atomic E-state index is 12.5. The molecule has 4 heterocycles. The Balaban J connectivity index is 1.30. The number of nitrogens with one attached hydrogen (secondary N) is 1. The summed E-state index contributed by atoms with van der Waals surface area (Å²) in [6, 6.07) is 14.8. The third kappa shape index (κ3) is 5.04. The molecule has 0 saturated carbocycles. The Morgan fingerprint density at radius 1 is 1.15 bits per heavy atom. The van der Waals surface area contributed by atoms with Gasteiger partial charge < -0.3 is 9.73 Å². The SMILES string of the molecule is O=C(NCc1cccnc1)c1csc(CSc2nnc(-c3ccco3)n2-c2ccc(Cl)cc2)n1. The lowest BCUT2D eigenvalue weighted by Gasteiger charge is -2.09. The van der Waals surface area contributed by atoms with E-state index in [9.17, 15) is 4.79 Å². The monoisotopic (exact) mass is 508 g/mol. The van der Waals surface area contributed by atoms with Gasteiger partial charge in [-0.2, -0.15) is 0 Å². The number of pyridine rings is 1. The molecule has 11 heteroatoms. The molecule has 1 N–H and O–H groups in total. The van der Waals surface area contributed by atoms with Crippen molar-refractivity contribution in [3.63, 3.8) is 0 Å². The van der Waals surface area contributed by atoms with Crippen LogP contribution in [-0.2, 0) is 12.3 Å². The first-order valence-corrected chi connectivity index (χ1v) is 12.4. The normalized spacial score (nSPS) is 11.0. The van der Waals surface area contributed by atoms with Gasteiger partial charge in [0.15, 0.2) is 10.9 Å². The van der Waals surface area contributed by atoms with Crippen molar-refractivity contribution >= 4 is 40.6 Å². The van der Waals surface area contributed by atoms with Crippen LogP contribution in [0.2, 0.25) is 5.02 Å². The fraction of sp³-hybridized carbons (Fsp3) is 0.0870. The molecule has 4 aromatic heterocycles. The molecule has 0 spiro atoms. The molecule has 0 radical (unpaired) electrons. The number of hydrogen-bond acceptors (Lipinski definition) is 8. The zero-order valence-corrected chi connectivity index (χ0v) is 20.0. The second-order valence-electron chi connectivity index (χ2n) is 7.05. The van der Waals surface area contributed by atoms with Crippen molar-refractivity contribution < 1.29 is 9.21 Å². The van der Waals surface area contributed by atoms with E-state index in [-0.39, 0.29) is 5.91 Å². The minimum absolute atomic E-state index is 0.221. The minimum atomic E-state index is -0.221. The number of amides is 1. The number of hydrogen-bond donors (Lipinski definition) is 1. The van der Waals surface area contributed by atoms with Gasteiger partial charge in [0.1, 0.15) is 10.7 Å². The van der Waals surface area contributed by atoms with Crippen LogP contribution in [0.25, 0.3) is 17.3 Å². The lowest BCUT2D eigenvalue weighted by atomic mass is 10.3. The highest BCUT2D eigenvalue weighted by Gasteiger charge is 2.19. The van der Waals surface area contributed by atoms with Crippen LogP contribution in [0.15, 0.2) is 82.1 Å². The van der Waals surface area contributed by atoms with Gasteiger partial charge in [-0.3, -0.25) is 14.3 Å². The van der Waals surface area contributed by atoms with E-state index in [4.69, 9.17) is 16.0 Å². The number of furan rings is 1. The van der Waals surface area contributed by atoms with Gasteiger partial charge in [0, 0.05) is 35.0 Å². The average molecular weight is 509 g/mol. The first kappa shape index (κ1) is 22.3. The Hall–Kier alpha value is -3.47. The number of thioether (sulfide) groups is 1. The van der Waals surface area contributed by atoms with E-state index in [0.717, 1.165) is 16.3 Å². The maximum atomic E-state index is 12.5. The summed E-state index contributed by atoms with van der Waals surface area (Å²) in [5.41, 5.74) is 2.17. The largest absolute Gasteiger partial charge is 0.461 e. The predicted molar refractivity (Wildman–Crippen MR) is 131 cm³/mol. The second-order valence-corrected chi connectivity index (χ2v) is 9.38. The summed E-state index contributed by atoms with van der Waals surface area (Å²) in [6.45, 7) is 0.397. The Kier molecular flexibility index (Phi) is 6.70. The van der Waals surface area contributed by atoms with Crippen molar-refractivity contribution in [1.82, 2.24) is 30.0 Å². The van der Waals surface area contributed by atoms with Crippen LogP contribution in [0, 0.1) is 0 Å². The highest BCUT2D eigenvalue weighted by Crippen LogP contribution is 2.31. The fourth-order valence-corrected chi connectivity index (χ4v) is 5.01. The molecule has 170 valence electrons. The standard InChI is InChI=1S/C23H17ClN6O2S2/c24-16-5-7-17(8-6-16)30-21(19-4-2-10-32-19)28-29-23(30)34-14-20-27-18(13-33-20)22(31)26-12-15-3-1-9-25-11-15/h1-11,13H,12,14H2,(H,26,31). The molecule has 0 saturated heterocycles. The summed E-state index contributed by atoms with van der Waals surface area (Å²) < 4.78 is 7.46. The Labute approximate surface area is 208 Å². The summed E-state index contributed by atoms with van der Waals surface area (Å²) in [5.74, 6) is 1.51. The molecule has 0 unspecified atom stereocenters. The van der Waals surface area contributed by atoms with Crippen LogP contribution < -0.4 is 5.32 Å². The summed E-state index contributed by atoms with van der Waals surface area (Å²) in [4.78, 5) is 21.0. The quantitative estimate of drug-likeness (QED) is 0.285. The first-order chi connectivity index (χ1) is 16.7. The smallest absolute Gasteiger partial charge is 0.271 e. The van der Waals surface area contributed by atoms with E-state index in [1.165, 1.54) is 23.1 Å². The zero-order chi connectivity index (χ0) is 23.3. The van der Waals surface area contributed by atoms with Crippen molar-refractivity contribution in [2.24, 2.45) is 0 Å². The lowest BCUT2D eigenvalue weighted by Crippen LogP contribution is -2.23. The first-order valence-electron chi connectivity index (χ1n) is 10.2. The second kappa shape index (κ2) is 10.2. The van der Waals surface area contributed by atoms with Gasteiger partial charge in [-0.15, -0.1) is 21.5 Å². The van der Waals surface area contributed by atoms with Crippen LogP contribution in [0.5, 0.6) is 0 Å². The molecule has 0 aliphatic carbocycles. The average Bonchev–Trinajstić information content (AvgIpc) is 3.63. The Morgan fingerprint density at radius 2 is 2.03 bits per heavy atom. The molecule has 0 fully saturated rings. The molecule has 0 aliphatic heterocycles. The third-order valence-electron chi connectivity index (χ3n) is 4.74. The van der Waals surface area contributed by atoms with E-state index in [1.54, 1.807) is 30.1 Å². The highest BCUT2D eigenvalue weighted by molar-refractivity contribution is 7.98. The fourth-order valence-electron chi connectivity index (χ4n) is 3.14. The van der Waals surface area contributed by atoms with Crippen molar-refractivity contribution in [2.45, 2.75) is 17.5 Å². The van der Waals surface area contributed by atoms with Gasteiger partial charge in [0.25, 0.3) is 5.91 Å².